The maximum atomic E-state index is 12.3. The zero-order chi connectivity index (χ0) is 14.1. The molecule has 1 aromatic carbocycles. The lowest BCUT2D eigenvalue weighted by Crippen LogP contribution is -2.50. The predicted octanol–water partition coefficient (Wildman–Crippen LogP) is 2.92. The molecule has 0 unspecified atom stereocenters. The maximum Gasteiger partial charge on any atom is 0.310 e. The third kappa shape index (κ3) is 3.09. The molecule has 0 spiro atoms. The highest BCUT2D eigenvalue weighted by molar-refractivity contribution is 5.85. The van der Waals surface area contributed by atoms with Crippen molar-refractivity contribution >= 4 is 18.4 Å². The topological polar surface area (TPSA) is 29.5 Å². The monoisotopic (exact) mass is 309 g/mol. The van der Waals surface area contributed by atoms with Crippen molar-refractivity contribution in [3.8, 4) is 0 Å². The van der Waals surface area contributed by atoms with Crippen LogP contribution in [0.5, 0.6) is 0 Å². The number of esters is 1. The van der Waals surface area contributed by atoms with Crippen molar-refractivity contribution in [2.45, 2.75) is 37.8 Å². The maximum absolute atomic E-state index is 12.3. The number of nitrogens with zero attached hydrogens (tertiary/aromatic N) is 1. The number of halogens is 1. The van der Waals surface area contributed by atoms with Gasteiger partial charge in [0.1, 0.15) is 0 Å². The molecule has 4 atom stereocenters. The van der Waals surface area contributed by atoms with E-state index in [4.69, 9.17) is 4.74 Å². The molecular formula is C17H24ClNO2. The summed E-state index contributed by atoms with van der Waals surface area (Å²) in [5.74, 6) is 0.422. The van der Waals surface area contributed by atoms with Crippen molar-refractivity contribution < 1.29 is 9.53 Å². The van der Waals surface area contributed by atoms with E-state index in [1.165, 1.54) is 19.1 Å². The number of fused-ring (bicyclic) bond motifs is 2. The predicted molar refractivity (Wildman–Crippen MR) is 85.6 cm³/mol. The first-order chi connectivity index (χ1) is 9.70. The van der Waals surface area contributed by atoms with Crippen molar-refractivity contribution in [3.05, 3.63) is 35.9 Å². The molecule has 3 nitrogen and oxygen atoms in total. The molecule has 0 aromatic heterocycles. The van der Waals surface area contributed by atoms with Gasteiger partial charge in [0, 0.05) is 12.1 Å². The first-order valence-electron chi connectivity index (χ1n) is 7.54. The minimum atomic E-state index is -0.0249. The van der Waals surface area contributed by atoms with E-state index in [2.05, 4.69) is 36.2 Å². The molecule has 0 radical (unpaired) electrons. The Morgan fingerprint density at radius 2 is 2.00 bits per heavy atom. The molecule has 3 rings (SSSR count). The van der Waals surface area contributed by atoms with Gasteiger partial charge in [0.25, 0.3) is 0 Å². The van der Waals surface area contributed by atoms with Gasteiger partial charge in [-0.1, -0.05) is 30.3 Å². The Balaban J connectivity index is 0.00000161. The molecule has 0 aliphatic carbocycles. The van der Waals surface area contributed by atoms with E-state index < -0.39 is 0 Å². The fourth-order valence-electron chi connectivity index (χ4n) is 4.18. The lowest BCUT2D eigenvalue weighted by molar-refractivity contribution is -0.152. The van der Waals surface area contributed by atoms with Gasteiger partial charge in [-0.2, -0.15) is 0 Å². The van der Waals surface area contributed by atoms with E-state index in [9.17, 15) is 4.79 Å². The molecule has 21 heavy (non-hydrogen) atoms. The van der Waals surface area contributed by atoms with Crippen LogP contribution in [-0.2, 0) is 16.0 Å². The highest BCUT2D eigenvalue weighted by Crippen LogP contribution is 2.43. The number of piperidine rings is 1. The molecule has 0 saturated carbocycles. The Morgan fingerprint density at radius 1 is 1.29 bits per heavy atom. The molecule has 2 heterocycles. The summed E-state index contributed by atoms with van der Waals surface area (Å²) in [6.07, 6.45) is 4.45. The standard InChI is InChI=1S/C17H23NO2.ClH/c1-18-14-8-9-15(18)16(17(19)20-2)13(11-14)10-12-6-4-3-5-7-12;/h3-7,13-16H,8-11H2,1-2H3;1H/t13-,14-,15+,16+;/m0./s1. The molecule has 2 fully saturated rings. The number of methoxy groups -OCH3 is 1. The van der Waals surface area contributed by atoms with Crippen LogP contribution in [0.1, 0.15) is 24.8 Å². The Labute approximate surface area is 133 Å². The van der Waals surface area contributed by atoms with Crippen LogP contribution < -0.4 is 0 Å². The van der Waals surface area contributed by atoms with Crippen LogP contribution in [0.15, 0.2) is 30.3 Å². The second-order valence-corrected chi connectivity index (χ2v) is 6.20. The lowest BCUT2D eigenvalue weighted by Gasteiger charge is -2.41. The lowest BCUT2D eigenvalue weighted by atomic mass is 9.77. The van der Waals surface area contributed by atoms with Crippen molar-refractivity contribution in [2.24, 2.45) is 11.8 Å². The van der Waals surface area contributed by atoms with Crippen LogP contribution in [0.25, 0.3) is 0 Å². The second kappa shape index (κ2) is 6.80. The first kappa shape index (κ1) is 16.3. The molecule has 4 heteroatoms. The van der Waals surface area contributed by atoms with E-state index in [1.54, 1.807) is 0 Å². The summed E-state index contributed by atoms with van der Waals surface area (Å²) in [5, 5.41) is 0. The SMILES string of the molecule is COC(=O)[C@@H]1[C@@H](Cc2ccccc2)C[C@@H]2CC[C@H]1N2C.Cl. The molecule has 2 bridgehead atoms. The Kier molecular flexibility index (Phi) is 5.28. The van der Waals surface area contributed by atoms with Gasteiger partial charge < -0.3 is 4.74 Å². The van der Waals surface area contributed by atoms with Gasteiger partial charge in [0.05, 0.1) is 13.0 Å². The summed E-state index contributed by atoms with van der Waals surface area (Å²) >= 11 is 0. The fraction of sp³-hybridized carbons (Fsp3) is 0.588. The van der Waals surface area contributed by atoms with Crippen LogP contribution in [0.3, 0.4) is 0 Å². The van der Waals surface area contributed by atoms with Crippen molar-refractivity contribution in [1.82, 2.24) is 4.90 Å². The number of rotatable bonds is 3. The Morgan fingerprint density at radius 3 is 2.67 bits per heavy atom. The molecule has 116 valence electrons. The number of hydrogen-bond acceptors (Lipinski definition) is 3. The summed E-state index contributed by atoms with van der Waals surface area (Å²) in [6, 6.07) is 11.5. The van der Waals surface area contributed by atoms with E-state index >= 15 is 0 Å². The molecule has 2 saturated heterocycles. The second-order valence-electron chi connectivity index (χ2n) is 6.20. The summed E-state index contributed by atoms with van der Waals surface area (Å²) < 4.78 is 5.09. The largest absolute Gasteiger partial charge is 0.469 e. The van der Waals surface area contributed by atoms with Crippen LogP contribution in [0.4, 0.5) is 0 Å². The summed E-state index contributed by atoms with van der Waals surface area (Å²) in [4.78, 5) is 14.7. The van der Waals surface area contributed by atoms with Crippen LogP contribution in [-0.4, -0.2) is 37.1 Å². The van der Waals surface area contributed by atoms with Gasteiger partial charge in [0.2, 0.25) is 0 Å². The van der Waals surface area contributed by atoms with Gasteiger partial charge in [-0.05, 0) is 44.2 Å². The molecule has 2 aliphatic rings. The van der Waals surface area contributed by atoms with Gasteiger partial charge in [-0.15, -0.1) is 12.4 Å². The average Bonchev–Trinajstić information content (AvgIpc) is 2.72. The number of ether oxygens (including phenoxy) is 1. The number of carbonyl (C=O) groups is 1. The number of hydrogen-bond donors (Lipinski definition) is 0. The summed E-state index contributed by atoms with van der Waals surface area (Å²) in [7, 11) is 3.68. The minimum Gasteiger partial charge on any atom is -0.469 e. The highest BCUT2D eigenvalue weighted by atomic mass is 35.5. The first-order valence-corrected chi connectivity index (χ1v) is 7.54. The van der Waals surface area contributed by atoms with Crippen LogP contribution in [0, 0.1) is 11.8 Å². The normalized spacial score (nSPS) is 31.5. The zero-order valence-electron chi connectivity index (χ0n) is 12.7. The number of carbonyl (C=O) groups excluding carboxylic acids is 1. The Bertz CT molecular complexity index is 479. The van der Waals surface area contributed by atoms with Crippen LogP contribution in [0.2, 0.25) is 0 Å². The van der Waals surface area contributed by atoms with Gasteiger partial charge in [-0.3, -0.25) is 9.69 Å². The van der Waals surface area contributed by atoms with Gasteiger partial charge >= 0.3 is 5.97 Å². The summed E-state index contributed by atoms with van der Waals surface area (Å²) in [5.41, 5.74) is 1.33. The van der Waals surface area contributed by atoms with Gasteiger partial charge in [0.15, 0.2) is 0 Å². The van der Waals surface area contributed by atoms with E-state index in [-0.39, 0.29) is 24.3 Å². The minimum absolute atomic E-state index is 0. The third-order valence-corrected chi connectivity index (χ3v) is 5.21. The molecule has 0 amide bonds. The van der Waals surface area contributed by atoms with E-state index in [1.807, 2.05) is 6.07 Å². The van der Waals surface area contributed by atoms with Crippen molar-refractivity contribution in [1.29, 1.82) is 0 Å². The summed E-state index contributed by atoms with van der Waals surface area (Å²) in [6.45, 7) is 0. The third-order valence-electron chi connectivity index (χ3n) is 5.21. The van der Waals surface area contributed by atoms with Crippen LogP contribution >= 0.6 is 12.4 Å². The zero-order valence-corrected chi connectivity index (χ0v) is 13.5. The highest BCUT2D eigenvalue weighted by Gasteiger charge is 2.48. The fourth-order valence-corrected chi connectivity index (χ4v) is 4.18. The molecule has 2 aliphatic heterocycles. The van der Waals surface area contributed by atoms with Crippen molar-refractivity contribution in [3.63, 3.8) is 0 Å². The quantitative estimate of drug-likeness (QED) is 0.804. The van der Waals surface area contributed by atoms with E-state index in [0.29, 0.717) is 18.0 Å². The Hall–Kier alpha value is -1.06. The molecular weight excluding hydrogens is 286 g/mol. The smallest absolute Gasteiger partial charge is 0.310 e. The average molecular weight is 310 g/mol. The molecule has 1 aromatic rings. The number of benzene rings is 1. The van der Waals surface area contributed by atoms with E-state index in [0.717, 1.165) is 19.3 Å². The molecule has 0 N–H and O–H groups in total. The van der Waals surface area contributed by atoms with Gasteiger partial charge in [-0.25, -0.2) is 0 Å². The van der Waals surface area contributed by atoms with Crippen molar-refractivity contribution in [2.75, 3.05) is 14.2 Å².